The van der Waals surface area contributed by atoms with E-state index in [1.807, 2.05) is 16.7 Å². The highest BCUT2D eigenvalue weighted by Crippen LogP contribution is 2.34. The lowest BCUT2D eigenvalue weighted by molar-refractivity contribution is 0.416. The van der Waals surface area contributed by atoms with Crippen molar-refractivity contribution < 1.29 is 4.74 Å². The van der Waals surface area contributed by atoms with Crippen molar-refractivity contribution in [1.82, 2.24) is 9.38 Å². The van der Waals surface area contributed by atoms with Crippen LogP contribution in [0.2, 0.25) is 0 Å². The molecule has 0 bridgehead atoms. The number of methoxy groups -OCH3 is 1. The van der Waals surface area contributed by atoms with Gasteiger partial charge in [-0.1, -0.05) is 13.0 Å². The van der Waals surface area contributed by atoms with Gasteiger partial charge in [-0.25, -0.2) is 4.98 Å². The molecule has 3 rings (SSSR count). The van der Waals surface area contributed by atoms with E-state index >= 15 is 0 Å². The normalized spacial score (nSPS) is 11.1. The van der Waals surface area contributed by atoms with E-state index in [2.05, 4.69) is 29.4 Å². The summed E-state index contributed by atoms with van der Waals surface area (Å²) in [5.74, 6) is 1.41. The molecule has 4 nitrogen and oxygen atoms in total. The standard InChI is InChI=1S/C14H15N3OS/c1-3-9-4-5-12(18-2)10(6-9)11-8-19-14-16-13(15)7-17(11)14/h4-8H,3,15H2,1-2H3. The van der Waals surface area contributed by atoms with Gasteiger partial charge in [0.25, 0.3) is 0 Å². The fourth-order valence-corrected chi connectivity index (χ4v) is 3.05. The molecule has 0 spiro atoms. The number of hydrogen-bond donors (Lipinski definition) is 1. The highest BCUT2D eigenvalue weighted by Gasteiger charge is 2.13. The second kappa shape index (κ2) is 4.59. The monoisotopic (exact) mass is 273 g/mol. The minimum atomic E-state index is 0.540. The SMILES string of the molecule is CCc1ccc(OC)c(-c2csc3nc(N)cn23)c1. The summed E-state index contributed by atoms with van der Waals surface area (Å²) in [4.78, 5) is 5.18. The second-order valence-corrected chi connectivity index (χ2v) is 5.16. The Morgan fingerprint density at radius 3 is 3.00 bits per heavy atom. The predicted molar refractivity (Wildman–Crippen MR) is 78.8 cm³/mol. The van der Waals surface area contributed by atoms with Crippen molar-refractivity contribution in [2.75, 3.05) is 12.8 Å². The number of anilines is 1. The number of imidazole rings is 1. The van der Waals surface area contributed by atoms with Crippen molar-refractivity contribution in [1.29, 1.82) is 0 Å². The molecule has 0 aliphatic heterocycles. The summed E-state index contributed by atoms with van der Waals surface area (Å²) in [5, 5.41) is 2.08. The quantitative estimate of drug-likeness (QED) is 0.797. The Labute approximate surface area is 115 Å². The van der Waals surface area contributed by atoms with Crippen molar-refractivity contribution in [2.24, 2.45) is 0 Å². The van der Waals surface area contributed by atoms with E-state index in [1.54, 1.807) is 18.4 Å². The Balaban J connectivity index is 2.24. The summed E-state index contributed by atoms with van der Waals surface area (Å²) in [6, 6.07) is 6.27. The van der Waals surface area contributed by atoms with Crippen molar-refractivity contribution in [3.63, 3.8) is 0 Å². The van der Waals surface area contributed by atoms with E-state index in [0.717, 1.165) is 28.4 Å². The van der Waals surface area contributed by atoms with Gasteiger partial charge in [-0.15, -0.1) is 11.3 Å². The molecule has 0 unspecified atom stereocenters. The molecule has 0 aliphatic carbocycles. The van der Waals surface area contributed by atoms with Crippen LogP contribution in [-0.4, -0.2) is 16.5 Å². The Bertz CT molecular complexity index is 729. The van der Waals surface area contributed by atoms with E-state index in [1.165, 1.54) is 5.56 Å². The highest BCUT2D eigenvalue weighted by molar-refractivity contribution is 7.15. The maximum atomic E-state index is 5.75. The molecule has 0 amide bonds. The maximum Gasteiger partial charge on any atom is 0.196 e. The third-order valence-electron chi connectivity index (χ3n) is 3.18. The zero-order chi connectivity index (χ0) is 13.4. The molecule has 19 heavy (non-hydrogen) atoms. The van der Waals surface area contributed by atoms with Gasteiger partial charge in [-0.3, -0.25) is 4.40 Å². The van der Waals surface area contributed by atoms with E-state index in [0.29, 0.717) is 5.82 Å². The molecule has 1 aromatic carbocycles. The van der Waals surface area contributed by atoms with Crippen molar-refractivity contribution >= 4 is 22.1 Å². The molecule has 98 valence electrons. The second-order valence-electron chi connectivity index (χ2n) is 4.33. The number of nitrogens with zero attached hydrogens (tertiary/aromatic N) is 2. The van der Waals surface area contributed by atoms with Crippen LogP contribution in [0.4, 0.5) is 5.82 Å². The molecule has 0 saturated carbocycles. The number of benzene rings is 1. The molecular formula is C14H15N3OS. The first kappa shape index (κ1) is 12.0. The van der Waals surface area contributed by atoms with E-state index in [9.17, 15) is 0 Å². The van der Waals surface area contributed by atoms with Crippen LogP contribution in [-0.2, 0) is 6.42 Å². The number of nitrogens with two attached hydrogens (primary N) is 1. The first-order valence-electron chi connectivity index (χ1n) is 6.12. The van der Waals surface area contributed by atoms with Gasteiger partial charge in [-0.05, 0) is 24.1 Å². The topological polar surface area (TPSA) is 52.5 Å². The fraction of sp³-hybridized carbons (Fsp3) is 0.214. The average Bonchev–Trinajstić information content (AvgIpc) is 2.96. The Hall–Kier alpha value is -2.01. The zero-order valence-electron chi connectivity index (χ0n) is 10.9. The lowest BCUT2D eigenvalue weighted by Crippen LogP contribution is -1.92. The smallest absolute Gasteiger partial charge is 0.196 e. The van der Waals surface area contributed by atoms with Crippen molar-refractivity contribution in [2.45, 2.75) is 13.3 Å². The fourth-order valence-electron chi connectivity index (χ4n) is 2.17. The van der Waals surface area contributed by atoms with Crippen LogP contribution in [0, 0.1) is 0 Å². The van der Waals surface area contributed by atoms with Gasteiger partial charge in [0.2, 0.25) is 0 Å². The van der Waals surface area contributed by atoms with Gasteiger partial charge in [0.1, 0.15) is 11.6 Å². The first-order valence-corrected chi connectivity index (χ1v) is 7.00. The molecule has 2 heterocycles. The number of hydrogen-bond acceptors (Lipinski definition) is 4. The number of aromatic nitrogens is 2. The Morgan fingerprint density at radius 2 is 2.26 bits per heavy atom. The minimum Gasteiger partial charge on any atom is -0.496 e. The van der Waals surface area contributed by atoms with Crippen LogP contribution in [0.1, 0.15) is 12.5 Å². The third-order valence-corrected chi connectivity index (χ3v) is 4.02. The van der Waals surface area contributed by atoms with E-state index in [4.69, 9.17) is 10.5 Å². The summed E-state index contributed by atoms with van der Waals surface area (Å²) in [6.07, 6.45) is 2.84. The molecular weight excluding hydrogens is 258 g/mol. The van der Waals surface area contributed by atoms with E-state index in [-0.39, 0.29) is 0 Å². The molecule has 0 fully saturated rings. The number of rotatable bonds is 3. The lowest BCUT2D eigenvalue weighted by Gasteiger charge is -2.09. The molecule has 0 radical (unpaired) electrons. The average molecular weight is 273 g/mol. The van der Waals surface area contributed by atoms with Crippen LogP contribution >= 0.6 is 11.3 Å². The molecule has 0 saturated heterocycles. The summed E-state index contributed by atoms with van der Waals surface area (Å²) >= 11 is 1.58. The molecule has 0 atom stereocenters. The van der Waals surface area contributed by atoms with Crippen LogP contribution < -0.4 is 10.5 Å². The summed E-state index contributed by atoms with van der Waals surface area (Å²) in [7, 11) is 1.69. The number of nitrogen functional groups attached to an aromatic ring is 1. The Morgan fingerprint density at radius 1 is 1.42 bits per heavy atom. The lowest BCUT2D eigenvalue weighted by atomic mass is 10.1. The first-order chi connectivity index (χ1) is 9.22. The van der Waals surface area contributed by atoms with Gasteiger partial charge in [0.15, 0.2) is 4.96 Å². The summed E-state index contributed by atoms with van der Waals surface area (Å²) in [6.45, 7) is 2.14. The number of thiazole rings is 1. The van der Waals surface area contributed by atoms with Crippen LogP contribution in [0.5, 0.6) is 5.75 Å². The number of aryl methyl sites for hydroxylation is 1. The van der Waals surface area contributed by atoms with Crippen molar-refractivity contribution in [3.05, 3.63) is 35.3 Å². The highest BCUT2D eigenvalue weighted by atomic mass is 32.1. The van der Waals surface area contributed by atoms with Gasteiger partial charge < -0.3 is 10.5 Å². The van der Waals surface area contributed by atoms with E-state index < -0.39 is 0 Å². The van der Waals surface area contributed by atoms with Crippen molar-refractivity contribution in [3.8, 4) is 17.0 Å². The summed E-state index contributed by atoms with van der Waals surface area (Å²) < 4.78 is 7.48. The third kappa shape index (κ3) is 1.96. The predicted octanol–water partition coefficient (Wildman–Crippen LogP) is 3.22. The van der Waals surface area contributed by atoms with Crippen LogP contribution in [0.3, 0.4) is 0 Å². The zero-order valence-corrected chi connectivity index (χ0v) is 11.7. The number of fused-ring (bicyclic) bond motifs is 1. The van der Waals surface area contributed by atoms with Gasteiger partial charge >= 0.3 is 0 Å². The molecule has 0 aliphatic rings. The molecule has 2 N–H and O–H groups in total. The Kier molecular flexibility index (Phi) is 2.91. The minimum absolute atomic E-state index is 0.540. The van der Waals surface area contributed by atoms with Gasteiger partial charge in [-0.2, -0.15) is 0 Å². The summed E-state index contributed by atoms with van der Waals surface area (Å²) in [5.41, 5.74) is 9.17. The van der Waals surface area contributed by atoms with Crippen LogP contribution in [0.15, 0.2) is 29.8 Å². The van der Waals surface area contributed by atoms with Gasteiger partial charge in [0, 0.05) is 10.9 Å². The molecule has 3 aromatic rings. The van der Waals surface area contributed by atoms with Gasteiger partial charge in [0.05, 0.1) is 19.0 Å². The maximum absolute atomic E-state index is 5.75. The molecule has 5 heteroatoms. The molecule has 2 aromatic heterocycles. The largest absolute Gasteiger partial charge is 0.496 e. The van der Waals surface area contributed by atoms with Crippen LogP contribution in [0.25, 0.3) is 16.2 Å². The number of ether oxygens (including phenoxy) is 1.